The predicted octanol–water partition coefficient (Wildman–Crippen LogP) is 3.27. The van der Waals surface area contributed by atoms with Gasteiger partial charge in [0.1, 0.15) is 11.3 Å². The van der Waals surface area contributed by atoms with Crippen molar-refractivity contribution in [3.63, 3.8) is 0 Å². The van der Waals surface area contributed by atoms with Crippen LogP contribution in [0.3, 0.4) is 0 Å². The highest BCUT2D eigenvalue weighted by Crippen LogP contribution is 2.37. The molecule has 1 amide bonds. The molecule has 1 fully saturated rings. The quantitative estimate of drug-likeness (QED) is 0.484. The number of nitrogens with one attached hydrogen (secondary N) is 1. The Balaban J connectivity index is 1.76. The standard InChI is InChI=1S/C22H25FN6O2/c1-13-11-29-12-14(8-16(23)21(29)26-13)27-22(30)19-18(31-3)9-17(28-6-4-5-7-28)15(10-25-2)20(19)24/h8-12H,4-7,24H2,1-3H3,(H,27,30). The van der Waals surface area contributed by atoms with E-state index in [1.165, 1.54) is 17.6 Å². The molecule has 0 aliphatic carbocycles. The monoisotopic (exact) mass is 424 g/mol. The van der Waals surface area contributed by atoms with E-state index in [-0.39, 0.29) is 22.6 Å². The maximum absolute atomic E-state index is 14.4. The number of nitrogens with two attached hydrogens (primary N) is 1. The minimum absolute atomic E-state index is 0.183. The van der Waals surface area contributed by atoms with Gasteiger partial charge < -0.3 is 25.1 Å². The molecule has 3 aromatic rings. The van der Waals surface area contributed by atoms with Gasteiger partial charge in [-0.2, -0.15) is 0 Å². The van der Waals surface area contributed by atoms with Gasteiger partial charge in [0.25, 0.3) is 5.91 Å². The zero-order valence-corrected chi connectivity index (χ0v) is 17.8. The maximum atomic E-state index is 14.4. The summed E-state index contributed by atoms with van der Waals surface area (Å²) in [7, 11) is 3.15. The number of hydrogen-bond acceptors (Lipinski definition) is 6. The van der Waals surface area contributed by atoms with Gasteiger partial charge in [0.05, 0.1) is 29.9 Å². The van der Waals surface area contributed by atoms with Crippen LogP contribution in [-0.4, -0.2) is 48.8 Å². The molecule has 1 aliphatic heterocycles. The summed E-state index contributed by atoms with van der Waals surface area (Å²) in [6.07, 6.45) is 7.12. The number of nitrogen functional groups attached to an aromatic ring is 1. The van der Waals surface area contributed by atoms with Crippen LogP contribution in [0.2, 0.25) is 0 Å². The first-order valence-electron chi connectivity index (χ1n) is 10.1. The molecular formula is C22H25FN6O2. The molecule has 4 rings (SSSR count). The Bertz CT molecular complexity index is 1180. The summed E-state index contributed by atoms with van der Waals surface area (Å²) in [5.74, 6) is -0.678. The number of aromatic nitrogens is 2. The molecule has 0 radical (unpaired) electrons. The summed E-state index contributed by atoms with van der Waals surface area (Å²) in [6.45, 7) is 3.58. The van der Waals surface area contributed by atoms with Crippen molar-refractivity contribution in [1.29, 1.82) is 0 Å². The molecule has 3 N–H and O–H groups in total. The topological polar surface area (TPSA) is 97.2 Å². The molecule has 0 atom stereocenters. The number of carbonyl (C=O) groups is 1. The largest absolute Gasteiger partial charge is 0.496 e. The summed E-state index contributed by atoms with van der Waals surface area (Å²) in [4.78, 5) is 23.6. The molecule has 0 spiro atoms. The van der Waals surface area contributed by atoms with E-state index in [9.17, 15) is 9.18 Å². The Kier molecular flexibility index (Phi) is 5.50. The highest BCUT2D eigenvalue weighted by atomic mass is 19.1. The molecular weight excluding hydrogens is 399 g/mol. The average Bonchev–Trinajstić information content (AvgIpc) is 3.38. The van der Waals surface area contributed by atoms with Crippen LogP contribution < -0.4 is 20.7 Å². The highest BCUT2D eigenvalue weighted by molar-refractivity contribution is 6.13. The number of nitrogens with zero attached hydrogens (tertiary/aromatic N) is 4. The van der Waals surface area contributed by atoms with Crippen molar-refractivity contribution in [2.24, 2.45) is 4.99 Å². The Labute approximate surface area is 179 Å². The fourth-order valence-electron chi connectivity index (χ4n) is 4.00. The van der Waals surface area contributed by atoms with Crippen molar-refractivity contribution < 1.29 is 13.9 Å². The fraction of sp³-hybridized carbons (Fsp3) is 0.318. The van der Waals surface area contributed by atoms with Gasteiger partial charge in [-0.3, -0.25) is 9.79 Å². The third-order valence-electron chi connectivity index (χ3n) is 5.39. The van der Waals surface area contributed by atoms with Crippen molar-refractivity contribution in [3.05, 3.63) is 47.2 Å². The zero-order chi connectivity index (χ0) is 22.1. The molecule has 0 unspecified atom stereocenters. The Hall–Kier alpha value is -3.62. The van der Waals surface area contributed by atoms with E-state index in [0.29, 0.717) is 17.0 Å². The van der Waals surface area contributed by atoms with E-state index in [0.717, 1.165) is 31.6 Å². The van der Waals surface area contributed by atoms with Gasteiger partial charge in [0.15, 0.2) is 11.5 Å². The Morgan fingerprint density at radius 1 is 1.32 bits per heavy atom. The van der Waals surface area contributed by atoms with Crippen molar-refractivity contribution in [1.82, 2.24) is 9.38 Å². The normalized spacial score (nSPS) is 14.0. The van der Waals surface area contributed by atoms with Gasteiger partial charge in [-0.05, 0) is 19.8 Å². The fourth-order valence-corrected chi connectivity index (χ4v) is 4.00. The number of ether oxygens (including phenoxy) is 1. The van der Waals surface area contributed by atoms with Gasteiger partial charge in [-0.25, -0.2) is 9.37 Å². The third-order valence-corrected chi connectivity index (χ3v) is 5.39. The molecule has 0 bridgehead atoms. The van der Waals surface area contributed by atoms with E-state index < -0.39 is 11.7 Å². The number of imidazole rings is 1. The van der Waals surface area contributed by atoms with Gasteiger partial charge in [-0.15, -0.1) is 0 Å². The molecule has 31 heavy (non-hydrogen) atoms. The summed E-state index contributed by atoms with van der Waals surface area (Å²) in [5, 5.41) is 2.73. The van der Waals surface area contributed by atoms with E-state index in [1.54, 1.807) is 32.6 Å². The van der Waals surface area contributed by atoms with Gasteiger partial charge in [-0.1, -0.05) is 0 Å². The first-order chi connectivity index (χ1) is 14.9. The van der Waals surface area contributed by atoms with Crippen LogP contribution in [-0.2, 0) is 0 Å². The lowest BCUT2D eigenvalue weighted by Crippen LogP contribution is -2.23. The van der Waals surface area contributed by atoms with Crippen molar-refractivity contribution in [2.75, 3.05) is 43.2 Å². The molecule has 3 heterocycles. The number of rotatable bonds is 5. The van der Waals surface area contributed by atoms with Crippen LogP contribution >= 0.6 is 0 Å². The SMILES string of the molecule is CN=Cc1c(N2CCCC2)cc(OC)c(C(=O)Nc2cc(F)c3nc(C)cn3c2)c1N. The van der Waals surface area contributed by atoms with Crippen LogP contribution in [0.25, 0.3) is 5.65 Å². The maximum Gasteiger partial charge on any atom is 0.261 e. The minimum atomic E-state index is -0.533. The molecule has 1 aromatic carbocycles. The molecule has 9 heteroatoms. The number of methoxy groups -OCH3 is 1. The smallest absolute Gasteiger partial charge is 0.261 e. The van der Waals surface area contributed by atoms with E-state index in [1.807, 2.05) is 6.07 Å². The number of anilines is 3. The number of aliphatic imine (C=N–C) groups is 1. The first kappa shape index (κ1) is 20.6. The Morgan fingerprint density at radius 2 is 2.06 bits per heavy atom. The number of fused-ring (bicyclic) bond motifs is 1. The number of carbonyl (C=O) groups excluding carboxylic acids is 1. The highest BCUT2D eigenvalue weighted by Gasteiger charge is 2.25. The lowest BCUT2D eigenvalue weighted by Gasteiger charge is -2.24. The second-order valence-corrected chi connectivity index (χ2v) is 7.53. The minimum Gasteiger partial charge on any atom is -0.496 e. The second kappa shape index (κ2) is 8.25. The zero-order valence-electron chi connectivity index (χ0n) is 17.8. The average molecular weight is 424 g/mol. The number of aryl methyl sites for hydroxylation is 1. The van der Waals surface area contributed by atoms with Crippen molar-refractivity contribution >= 4 is 34.8 Å². The third kappa shape index (κ3) is 3.78. The predicted molar refractivity (Wildman–Crippen MR) is 120 cm³/mol. The van der Waals surface area contributed by atoms with E-state index >= 15 is 0 Å². The Morgan fingerprint density at radius 3 is 2.74 bits per heavy atom. The van der Waals surface area contributed by atoms with Crippen molar-refractivity contribution in [3.8, 4) is 5.75 Å². The molecule has 8 nitrogen and oxygen atoms in total. The van der Waals surface area contributed by atoms with Crippen LogP contribution in [0.15, 0.2) is 29.5 Å². The van der Waals surface area contributed by atoms with Crippen LogP contribution in [0.1, 0.15) is 34.5 Å². The van der Waals surface area contributed by atoms with Crippen LogP contribution in [0.4, 0.5) is 21.5 Å². The molecule has 0 saturated carbocycles. The second-order valence-electron chi connectivity index (χ2n) is 7.53. The molecule has 2 aromatic heterocycles. The number of benzene rings is 1. The summed E-state index contributed by atoms with van der Waals surface area (Å²) >= 11 is 0. The van der Waals surface area contributed by atoms with Crippen LogP contribution in [0.5, 0.6) is 5.75 Å². The summed E-state index contributed by atoms with van der Waals surface area (Å²) in [5.41, 5.74) is 9.60. The number of amides is 1. The number of pyridine rings is 1. The summed E-state index contributed by atoms with van der Waals surface area (Å²) < 4.78 is 21.5. The lowest BCUT2D eigenvalue weighted by molar-refractivity contribution is 0.102. The molecule has 1 saturated heterocycles. The van der Waals surface area contributed by atoms with E-state index in [2.05, 4.69) is 20.2 Å². The molecule has 1 aliphatic rings. The van der Waals surface area contributed by atoms with Gasteiger partial charge >= 0.3 is 0 Å². The number of halogens is 1. The number of hydrogen-bond donors (Lipinski definition) is 2. The first-order valence-corrected chi connectivity index (χ1v) is 10.1. The van der Waals surface area contributed by atoms with Gasteiger partial charge in [0.2, 0.25) is 0 Å². The van der Waals surface area contributed by atoms with E-state index in [4.69, 9.17) is 10.5 Å². The van der Waals surface area contributed by atoms with Crippen LogP contribution in [0, 0.1) is 12.7 Å². The lowest BCUT2D eigenvalue weighted by atomic mass is 10.0. The van der Waals surface area contributed by atoms with Crippen molar-refractivity contribution in [2.45, 2.75) is 19.8 Å². The van der Waals surface area contributed by atoms with Gasteiger partial charge in [0, 0.05) is 56.4 Å². The summed E-state index contributed by atoms with van der Waals surface area (Å²) in [6, 6.07) is 3.05. The molecule has 162 valence electrons.